The highest BCUT2D eigenvalue weighted by molar-refractivity contribution is 5.65. The molecule has 2 aromatic heterocycles. The average molecular weight is 547 g/mol. The fourth-order valence-electron chi connectivity index (χ4n) is 6.70. The number of likely N-dealkylation sites (tertiary alicyclic amines) is 2. The summed E-state index contributed by atoms with van der Waals surface area (Å²) in [6, 6.07) is 3.60. The molecule has 0 radical (unpaired) electrons. The van der Waals surface area contributed by atoms with Gasteiger partial charge in [-0.05, 0) is 38.8 Å². The summed E-state index contributed by atoms with van der Waals surface area (Å²) in [6.45, 7) is 2.43. The van der Waals surface area contributed by atoms with Crippen LogP contribution in [0.4, 0.5) is 27.8 Å². The van der Waals surface area contributed by atoms with Crippen LogP contribution in [-0.2, 0) is 14.2 Å². The highest BCUT2D eigenvalue weighted by Gasteiger charge is 2.60. The van der Waals surface area contributed by atoms with E-state index in [9.17, 15) is 22.0 Å². The van der Waals surface area contributed by atoms with E-state index in [1.807, 2.05) is 6.07 Å². The summed E-state index contributed by atoms with van der Waals surface area (Å²) in [4.78, 5) is 7.02. The van der Waals surface area contributed by atoms with E-state index >= 15 is 0 Å². The number of anilines is 1. The van der Waals surface area contributed by atoms with E-state index in [1.54, 1.807) is 29.3 Å². The van der Waals surface area contributed by atoms with Gasteiger partial charge in [-0.25, -0.2) is 18.3 Å². The van der Waals surface area contributed by atoms with Crippen molar-refractivity contribution in [3.05, 3.63) is 24.2 Å². The third-order valence-corrected chi connectivity index (χ3v) is 8.22. The third kappa shape index (κ3) is 4.63. The van der Waals surface area contributed by atoms with Gasteiger partial charge in [-0.2, -0.15) is 18.3 Å². The Kier molecular flexibility index (Phi) is 5.97. The molecule has 1 spiro atoms. The molecule has 4 aliphatic rings. The van der Waals surface area contributed by atoms with Crippen LogP contribution in [-0.4, -0.2) is 98.9 Å². The average Bonchev–Trinajstić information content (AvgIpc) is 3.50. The molecule has 0 bridgehead atoms. The Balaban J connectivity index is 1.25. The molecule has 0 aromatic carbocycles. The predicted octanol–water partition coefficient (Wildman–Crippen LogP) is 3.01. The Labute approximate surface area is 216 Å². The summed E-state index contributed by atoms with van der Waals surface area (Å²) in [7, 11) is 0. The van der Waals surface area contributed by atoms with Crippen molar-refractivity contribution < 1.29 is 36.2 Å². The van der Waals surface area contributed by atoms with Crippen molar-refractivity contribution in [1.29, 1.82) is 0 Å². The zero-order chi connectivity index (χ0) is 27.1. The van der Waals surface area contributed by atoms with Crippen molar-refractivity contribution in [2.45, 2.75) is 81.0 Å². The number of nitrogens with two attached hydrogens (primary N) is 1. The van der Waals surface area contributed by atoms with Gasteiger partial charge in [0.25, 0.3) is 5.92 Å². The highest BCUT2D eigenvalue weighted by Crippen LogP contribution is 2.49. The summed E-state index contributed by atoms with van der Waals surface area (Å²) in [5.41, 5.74) is 6.37. The van der Waals surface area contributed by atoms with Gasteiger partial charge in [-0.15, -0.1) is 0 Å². The second-order valence-corrected chi connectivity index (χ2v) is 11.4. The van der Waals surface area contributed by atoms with Crippen molar-refractivity contribution >= 4 is 11.3 Å². The predicted molar refractivity (Wildman–Crippen MR) is 124 cm³/mol. The lowest BCUT2D eigenvalue weighted by atomic mass is 9.84. The molecule has 2 aromatic rings. The van der Waals surface area contributed by atoms with E-state index in [0.717, 1.165) is 0 Å². The van der Waals surface area contributed by atoms with Crippen molar-refractivity contribution in [2.24, 2.45) is 0 Å². The minimum atomic E-state index is -4.32. The fraction of sp³-hybridized carbons (Fsp3) is 0.750. The standard InChI is InChI=1S/C24H31F5N6O3/c1-21(2)37-18-16(36-17(19(18)38-21)14-3-4-15-20(30)31-13-32-35(14)15)9-34-11-23(25,26)10-22(34)5-7-33(8-6-22)12-24(27,28)29/h3-4,13,16-19H,5-12H2,1-2H3,(H2,30,31,32)/t16-,17+,18-,19+/m1/s1. The minimum Gasteiger partial charge on any atom is -0.382 e. The van der Waals surface area contributed by atoms with Crippen LogP contribution in [0.5, 0.6) is 0 Å². The van der Waals surface area contributed by atoms with E-state index in [0.29, 0.717) is 17.0 Å². The SMILES string of the molecule is CC1(C)O[C@@H]2[C@H](O1)[C@@H](CN1CC(F)(F)CC13CCN(CC(F)(F)F)CC3)O[C@H]2c1ccc2c(N)ncnn12. The van der Waals surface area contributed by atoms with Crippen LogP contribution in [0, 0.1) is 0 Å². The van der Waals surface area contributed by atoms with Gasteiger partial charge in [-0.3, -0.25) is 9.80 Å². The van der Waals surface area contributed by atoms with Gasteiger partial charge in [0.15, 0.2) is 11.6 Å². The molecule has 4 atom stereocenters. The monoisotopic (exact) mass is 546 g/mol. The number of halogens is 5. The molecule has 4 fully saturated rings. The van der Waals surface area contributed by atoms with E-state index in [-0.39, 0.29) is 38.9 Å². The van der Waals surface area contributed by atoms with Crippen molar-refractivity contribution in [1.82, 2.24) is 24.4 Å². The summed E-state index contributed by atoms with van der Waals surface area (Å²) in [5.74, 6) is -3.55. The number of alkyl halides is 5. The smallest absolute Gasteiger partial charge is 0.382 e. The van der Waals surface area contributed by atoms with Crippen LogP contribution in [0.25, 0.3) is 5.52 Å². The van der Waals surface area contributed by atoms with Crippen LogP contribution >= 0.6 is 0 Å². The van der Waals surface area contributed by atoms with E-state index in [1.165, 1.54) is 11.2 Å². The second-order valence-electron chi connectivity index (χ2n) is 11.4. The lowest BCUT2D eigenvalue weighted by Gasteiger charge is -2.45. The van der Waals surface area contributed by atoms with Crippen LogP contribution in [0.3, 0.4) is 0 Å². The molecule has 4 aliphatic heterocycles. The maximum Gasteiger partial charge on any atom is 0.401 e. The zero-order valence-electron chi connectivity index (χ0n) is 21.1. The summed E-state index contributed by atoms with van der Waals surface area (Å²) >= 11 is 0. The fourth-order valence-corrected chi connectivity index (χ4v) is 6.70. The second kappa shape index (κ2) is 8.68. The van der Waals surface area contributed by atoms with E-state index in [2.05, 4.69) is 10.1 Å². The Morgan fingerprint density at radius 3 is 2.53 bits per heavy atom. The molecule has 6 rings (SSSR count). The molecule has 0 unspecified atom stereocenters. The maximum atomic E-state index is 14.8. The Bertz CT molecular complexity index is 1200. The molecular formula is C24H31F5N6O3. The highest BCUT2D eigenvalue weighted by atomic mass is 19.4. The number of nitrogens with zero attached hydrogens (tertiary/aromatic N) is 5. The Morgan fingerprint density at radius 1 is 1.11 bits per heavy atom. The first-order valence-electron chi connectivity index (χ1n) is 12.8. The lowest BCUT2D eigenvalue weighted by Crippen LogP contribution is -2.55. The van der Waals surface area contributed by atoms with Crippen LogP contribution in [0.2, 0.25) is 0 Å². The molecule has 4 saturated heterocycles. The first kappa shape index (κ1) is 26.1. The Hall–Kier alpha value is -2.13. The van der Waals surface area contributed by atoms with Crippen LogP contribution in [0.1, 0.15) is 44.9 Å². The van der Waals surface area contributed by atoms with Gasteiger partial charge in [0.1, 0.15) is 36.3 Å². The molecular weight excluding hydrogens is 515 g/mol. The Morgan fingerprint density at radius 2 is 1.82 bits per heavy atom. The minimum absolute atomic E-state index is 0.107. The van der Waals surface area contributed by atoms with Crippen molar-refractivity contribution in [3.8, 4) is 0 Å². The van der Waals surface area contributed by atoms with Crippen molar-refractivity contribution in [2.75, 3.05) is 38.5 Å². The normalized spacial score (nSPS) is 32.9. The molecule has 2 N–H and O–H groups in total. The quantitative estimate of drug-likeness (QED) is 0.586. The van der Waals surface area contributed by atoms with Crippen molar-refractivity contribution in [3.63, 3.8) is 0 Å². The summed E-state index contributed by atoms with van der Waals surface area (Å²) < 4.78 is 88.8. The summed E-state index contributed by atoms with van der Waals surface area (Å²) in [5, 5.41) is 4.30. The molecule has 0 aliphatic carbocycles. The molecule has 14 heteroatoms. The topological polar surface area (TPSA) is 90.4 Å². The number of piperidine rings is 1. The van der Waals surface area contributed by atoms with Gasteiger partial charge in [0.05, 0.1) is 18.8 Å². The number of ether oxygens (including phenoxy) is 3. The maximum absolute atomic E-state index is 14.8. The number of aromatic nitrogens is 3. The molecule has 0 saturated carbocycles. The number of nitrogen functional groups attached to an aromatic ring is 1. The largest absolute Gasteiger partial charge is 0.401 e. The van der Waals surface area contributed by atoms with Gasteiger partial charge < -0.3 is 19.9 Å². The number of hydrogen-bond donors (Lipinski definition) is 1. The first-order chi connectivity index (χ1) is 17.7. The van der Waals surface area contributed by atoms with Gasteiger partial charge in [0.2, 0.25) is 0 Å². The van der Waals surface area contributed by atoms with Crippen LogP contribution in [0.15, 0.2) is 18.5 Å². The third-order valence-electron chi connectivity index (χ3n) is 8.22. The molecule has 9 nitrogen and oxygen atoms in total. The molecule has 210 valence electrons. The van der Waals surface area contributed by atoms with E-state index in [4.69, 9.17) is 19.9 Å². The van der Waals surface area contributed by atoms with E-state index < -0.39 is 60.9 Å². The number of fused-ring (bicyclic) bond motifs is 2. The van der Waals surface area contributed by atoms with Gasteiger partial charge >= 0.3 is 6.18 Å². The molecule has 38 heavy (non-hydrogen) atoms. The first-order valence-corrected chi connectivity index (χ1v) is 12.8. The number of rotatable bonds is 4. The molecule has 6 heterocycles. The number of hydrogen-bond acceptors (Lipinski definition) is 8. The summed E-state index contributed by atoms with van der Waals surface area (Å²) in [6.07, 6.45) is -5.16. The zero-order valence-corrected chi connectivity index (χ0v) is 21.1. The van der Waals surface area contributed by atoms with Crippen LogP contribution < -0.4 is 5.73 Å². The van der Waals surface area contributed by atoms with Gasteiger partial charge in [0, 0.05) is 31.6 Å². The van der Waals surface area contributed by atoms with Gasteiger partial charge in [-0.1, -0.05) is 0 Å². The lowest BCUT2D eigenvalue weighted by molar-refractivity contribution is -0.191. The molecule has 0 amide bonds.